The van der Waals surface area contributed by atoms with Crippen molar-refractivity contribution < 1.29 is 28.2 Å². The Hall–Kier alpha value is -2.75. The van der Waals surface area contributed by atoms with Gasteiger partial charge in [-0.25, -0.2) is 9.00 Å². The molecular formula is C26H31NO6S2. The molecule has 9 heteroatoms. The smallest absolute Gasteiger partial charge is 0.330 e. The van der Waals surface area contributed by atoms with Crippen molar-refractivity contribution in [2.75, 3.05) is 4.31 Å². The first kappa shape index (κ1) is 26.8. The molecule has 2 N–H and O–H groups in total. The van der Waals surface area contributed by atoms with Crippen molar-refractivity contribution in [1.29, 1.82) is 0 Å². The minimum Gasteiger partial charge on any atom is -0.481 e. The molecule has 0 aliphatic heterocycles. The quantitative estimate of drug-likeness (QED) is 0.195. The van der Waals surface area contributed by atoms with E-state index in [0.29, 0.717) is 12.1 Å². The maximum absolute atomic E-state index is 13.3. The van der Waals surface area contributed by atoms with Gasteiger partial charge < -0.3 is 9.84 Å². The number of esters is 1. The average molecular weight is 518 g/mol. The second-order valence-electron chi connectivity index (χ2n) is 9.28. The van der Waals surface area contributed by atoms with Crippen LogP contribution in [0.5, 0.6) is 0 Å². The van der Waals surface area contributed by atoms with Crippen molar-refractivity contribution in [3.05, 3.63) is 64.4 Å². The van der Waals surface area contributed by atoms with Gasteiger partial charge in [-0.1, -0.05) is 36.4 Å². The highest BCUT2D eigenvalue weighted by atomic mass is 32.2. The first-order chi connectivity index (χ1) is 16.5. The number of anilines is 1. The van der Waals surface area contributed by atoms with Crippen molar-refractivity contribution in [3.63, 3.8) is 0 Å². The monoisotopic (exact) mass is 517 g/mol. The highest BCUT2D eigenvalue weighted by Crippen LogP contribution is 2.32. The topological polar surface area (TPSA) is 104 Å². The Bertz CT molecular complexity index is 1190. The lowest BCUT2D eigenvalue weighted by Gasteiger charge is -2.31. The zero-order valence-corrected chi connectivity index (χ0v) is 21.7. The summed E-state index contributed by atoms with van der Waals surface area (Å²) in [6.07, 6.45) is 2.44. The highest BCUT2D eigenvalue weighted by Gasteiger charge is 2.35. The molecule has 0 aliphatic carbocycles. The van der Waals surface area contributed by atoms with E-state index in [1.165, 1.54) is 15.6 Å². The summed E-state index contributed by atoms with van der Waals surface area (Å²) in [7, 11) is 0. The summed E-state index contributed by atoms with van der Waals surface area (Å²) < 4.78 is 29.9. The van der Waals surface area contributed by atoms with Gasteiger partial charge in [0.15, 0.2) is 0 Å². The first-order valence-corrected chi connectivity index (χ1v) is 13.3. The third-order valence-electron chi connectivity index (χ3n) is 5.31. The van der Waals surface area contributed by atoms with Gasteiger partial charge in [-0.15, -0.1) is 11.3 Å². The summed E-state index contributed by atoms with van der Waals surface area (Å²) in [5.41, 5.74) is -0.285. The molecule has 2 aromatic carbocycles. The fourth-order valence-corrected chi connectivity index (χ4v) is 5.63. The van der Waals surface area contributed by atoms with E-state index < -0.39 is 34.8 Å². The van der Waals surface area contributed by atoms with E-state index in [1.807, 2.05) is 42.5 Å². The minimum atomic E-state index is -2.49. The standard InChI is InChI=1S/C26H31NO6S2/c1-26(2,3)33-25(30)23(17-20-16-15-19(34-20)11-5-7-14-24(28)29)27(35(31)32)22-13-8-10-18-9-4-6-12-21(18)22/h4,6,8-10,12-13,15-16,23H,5,7,11,14,17H2,1-3H3,(H,28,29)(H,31,32). The summed E-state index contributed by atoms with van der Waals surface area (Å²) in [4.78, 5) is 26.0. The van der Waals surface area contributed by atoms with Gasteiger partial charge in [0.25, 0.3) is 11.3 Å². The molecule has 0 saturated carbocycles. The maximum atomic E-state index is 13.3. The number of fused-ring (bicyclic) bond motifs is 1. The van der Waals surface area contributed by atoms with Crippen molar-refractivity contribution in [1.82, 2.24) is 0 Å². The zero-order valence-electron chi connectivity index (χ0n) is 20.1. The number of hydrogen-bond acceptors (Lipinski definition) is 5. The largest absolute Gasteiger partial charge is 0.481 e. The molecule has 1 heterocycles. The third kappa shape index (κ3) is 7.62. The normalized spacial score (nSPS) is 13.4. The van der Waals surface area contributed by atoms with Gasteiger partial charge in [-0.2, -0.15) is 0 Å². The molecule has 0 spiro atoms. The summed E-state index contributed by atoms with van der Waals surface area (Å²) in [5, 5.41) is 10.5. The molecule has 7 nitrogen and oxygen atoms in total. The lowest BCUT2D eigenvalue weighted by atomic mass is 10.1. The van der Waals surface area contributed by atoms with Gasteiger partial charge in [0.05, 0.1) is 5.69 Å². The predicted octanol–water partition coefficient (Wildman–Crippen LogP) is 5.59. The molecule has 0 saturated heterocycles. The minimum absolute atomic E-state index is 0.140. The molecule has 188 valence electrons. The van der Waals surface area contributed by atoms with Crippen molar-refractivity contribution >= 4 is 51.0 Å². The van der Waals surface area contributed by atoms with Crippen LogP contribution < -0.4 is 4.31 Å². The highest BCUT2D eigenvalue weighted by molar-refractivity contribution is 7.80. The number of hydrogen-bond donors (Lipinski definition) is 2. The first-order valence-electron chi connectivity index (χ1n) is 11.5. The second kappa shape index (κ2) is 11.8. The number of thiophene rings is 1. The maximum Gasteiger partial charge on any atom is 0.330 e. The number of ether oxygens (including phenoxy) is 1. The van der Waals surface area contributed by atoms with Gasteiger partial charge in [-0.3, -0.25) is 13.7 Å². The van der Waals surface area contributed by atoms with E-state index in [4.69, 9.17) is 9.84 Å². The van der Waals surface area contributed by atoms with Crippen LogP contribution in [0.3, 0.4) is 0 Å². The third-order valence-corrected chi connectivity index (χ3v) is 7.26. The summed E-state index contributed by atoms with van der Waals surface area (Å²) in [6, 6.07) is 15.8. The van der Waals surface area contributed by atoms with Crippen LogP contribution in [0.4, 0.5) is 5.69 Å². The summed E-state index contributed by atoms with van der Waals surface area (Å²) >= 11 is -0.964. The van der Waals surface area contributed by atoms with Gasteiger partial charge in [0, 0.05) is 28.0 Å². The molecule has 2 unspecified atom stereocenters. The molecule has 0 fully saturated rings. The Kier molecular flexibility index (Phi) is 9.04. The van der Waals surface area contributed by atoms with Gasteiger partial charge in [0.2, 0.25) is 0 Å². The van der Waals surface area contributed by atoms with Crippen LogP contribution in [0.2, 0.25) is 0 Å². The molecule has 1 aromatic heterocycles. The van der Waals surface area contributed by atoms with Gasteiger partial charge in [-0.05, 0) is 63.6 Å². The summed E-state index contributed by atoms with van der Waals surface area (Å²) in [6.45, 7) is 5.29. The van der Waals surface area contributed by atoms with Crippen LogP contribution in [-0.2, 0) is 38.4 Å². The Morgan fingerprint density at radius 3 is 2.40 bits per heavy atom. The number of carbonyl (C=O) groups excluding carboxylic acids is 1. The number of unbranched alkanes of at least 4 members (excludes halogenated alkanes) is 1. The van der Waals surface area contributed by atoms with E-state index >= 15 is 0 Å². The lowest BCUT2D eigenvalue weighted by molar-refractivity contribution is -0.156. The SMILES string of the molecule is CC(C)(C)OC(=O)C(Cc1ccc(CCCCC(=O)O)s1)N(c1cccc2ccccc12)S(=O)O. The Balaban J connectivity index is 1.92. The van der Waals surface area contributed by atoms with Crippen LogP contribution >= 0.6 is 11.3 Å². The Morgan fingerprint density at radius 2 is 1.71 bits per heavy atom. The van der Waals surface area contributed by atoms with Crippen LogP contribution in [0.1, 0.15) is 49.8 Å². The molecule has 2 atom stereocenters. The van der Waals surface area contributed by atoms with Crippen LogP contribution in [0, 0.1) is 0 Å². The van der Waals surface area contributed by atoms with Crippen molar-refractivity contribution in [2.24, 2.45) is 0 Å². The predicted molar refractivity (Wildman–Crippen MR) is 140 cm³/mol. The van der Waals surface area contributed by atoms with Crippen molar-refractivity contribution in [2.45, 2.75) is 64.5 Å². The molecule has 0 aliphatic rings. The second-order valence-corrected chi connectivity index (χ2v) is 11.4. The molecular weight excluding hydrogens is 486 g/mol. The molecule has 3 aromatic rings. The summed E-state index contributed by atoms with van der Waals surface area (Å²) in [5.74, 6) is -1.38. The van der Waals surface area contributed by atoms with Crippen molar-refractivity contribution in [3.8, 4) is 0 Å². The van der Waals surface area contributed by atoms with Crippen LogP contribution in [0.15, 0.2) is 54.6 Å². The number of rotatable bonds is 11. The number of carboxylic acids is 1. The number of aryl methyl sites for hydroxylation is 1. The zero-order chi connectivity index (χ0) is 25.6. The van der Waals surface area contributed by atoms with E-state index in [1.54, 1.807) is 32.9 Å². The van der Waals surface area contributed by atoms with Crippen LogP contribution in [0.25, 0.3) is 10.8 Å². The molecule has 0 bridgehead atoms. The van der Waals surface area contributed by atoms with E-state index in [9.17, 15) is 18.4 Å². The van der Waals surface area contributed by atoms with Crippen LogP contribution in [-0.4, -0.2) is 37.4 Å². The number of aliphatic carboxylic acids is 1. The van der Waals surface area contributed by atoms with E-state index in [2.05, 4.69) is 0 Å². The number of benzene rings is 2. The van der Waals surface area contributed by atoms with Gasteiger partial charge in [0.1, 0.15) is 11.6 Å². The van der Waals surface area contributed by atoms with E-state index in [0.717, 1.165) is 33.4 Å². The molecule has 35 heavy (non-hydrogen) atoms. The lowest BCUT2D eigenvalue weighted by Crippen LogP contribution is -2.46. The molecule has 0 amide bonds. The fraction of sp³-hybridized carbons (Fsp3) is 0.385. The average Bonchev–Trinajstić information content (AvgIpc) is 3.22. The molecule has 3 rings (SSSR count). The number of carbonyl (C=O) groups is 2. The molecule has 0 radical (unpaired) electrons. The number of carboxylic acid groups (broad SMARTS) is 1. The number of nitrogens with zero attached hydrogens (tertiary/aromatic N) is 1. The Labute approximate surface area is 212 Å². The fourth-order valence-electron chi connectivity index (χ4n) is 3.83. The van der Waals surface area contributed by atoms with E-state index in [-0.39, 0.29) is 12.8 Å². The van der Waals surface area contributed by atoms with Gasteiger partial charge >= 0.3 is 11.9 Å². The Morgan fingerprint density at radius 1 is 1.03 bits per heavy atom.